The SMILES string of the molecule is NC(=S)c1ccc(NC(=O)c2cncs2)c(Cl)c1. The van der Waals surface area contributed by atoms with Crippen LogP contribution in [0.2, 0.25) is 5.02 Å². The van der Waals surface area contributed by atoms with Crippen molar-refractivity contribution < 1.29 is 4.79 Å². The molecule has 0 aliphatic heterocycles. The molecule has 0 spiro atoms. The van der Waals surface area contributed by atoms with Gasteiger partial charge in [-0.2, -0.15) is 0 Å². The largest absolute Gasteiger partial charge is 0.389 e. The van der Waals surface area contributed by atoms with Gasteiger partial charge in [0.05, 0.1) is 22.4 Å². The third kappa shape index (κ3) is 2.84. The van der Waals surface area contributed by atoms with Crippen LogP contribution in [-0.4, -0.2) is 15.9 Å². The lowest BCUT2D eigenvalue weighted by Gasteiger charge is -2.07. The van der Waals surface area contributed by atoms with E-state index in [9.17, 15) is 4.79 Å². The Labute approximate surface area is 118 Å². The van der Waals surface area contributed by atoms with Gasteiger partial charge in [-0.1, -0.05) is 23.8 Å². The van der Waals surface area contributed by atoms with Gasteiger partial charge in [-0.15, -0.1) is 11.3 Å². The molecule has 0 radical (unpaired) electrons. The fraction of sp³-hybridized carbons (Fsp3) is 0. The summed E-state index contributed by atoms with van der Waals surface area (Å²) in [4.78, 5) is 16.4. The number of benzene rings is 1. The first-order valence-corrected chi connectivity index (χ1v) is 6.53. The van der Waals surface area contributed by atoms with Crippen LogP contribution in [0.15, 0.2) is 29.9 Å². The Morgan fingerprint density at radius 1 is 1.50 bits per heavy atom. The van der Waals surface area contributed by atoms with Crippen LogP contribution in [0.1, 0.15) is 15.2 Å². The van der Waals surface area contributed by atoms with Gasteiger partial charge in [0, 0.05) is 5.56 Å². The highest BCUT2D eigenvalue weighted by molar-refractivity contribution is 7.80. The summed E-state index contributed by atoms with van der Waals surface area (Å²) >= 11 is 12.1. The van der Waals surface area contributed by atoms with Crippen LogP contribution in [0.4, 0.5) is 5.69 Å². The highest BCUT2D eigenvalue weighted by atomic mass is 35.5. The minimum atomic E-state index is -0.248. The number of anilines is 1. The van der Waals surface area contributed by atoms with Crippen molar-refractivity contribution in [2.24, 2.45) is 5.73 Å². The molecule has 0 fully saturated rings. The van der Waals surface area contributed by atoms with Crippen molar-refractivity contribution in [3.8, 4) is 0 Å². The topological polar surface area (TPSA) is 68.0 Å². The summed E-state index contributed by atoms with van der Waals surface area (Å²) in [6.45, 7) is 0. The van der Waals surface area contributed by atoms with E-state index in [4.69, 9.17) is 29.6 Å². The Morgan fingerprint density at radius 2 is 2.28 bits per heavy atom. The van der Waals surface area contributed by atoms with Gasteiger partial charge in [-0.3, -0.25) is 9.78 Å². The Kier molecular flexibility index (Phi) is 3.90. The molecule has 0 unspecified atom stereocenters. The summed E-state index contributed by atoms with van der Waals surface area (Å²) in [7, 11) is 0. The number of nitrogens with zero attached hydrogens (tertiary/aromatic N) is 1. The summed E-state index contributed by atoms with van der Waals surface area (Å²) in [5.41, 5.74) is 8.25. The van der Waals surface area contributed by atoms with E-state index in [0.29, 0.717) is 21.2 Å². The predicted octanol–water partition coefficient (Wildman–Crippen LogP) is 2.68. The first-order valence-electron chi connectivity index (χ1n) is 4.87. The minimum absolute atomic E-state index is 0.248. The molecule has 4 nitrogen and oxygen atoms in total. The molecular weight excluding hydrogens is 290 g/mol. The number of aromatic nitrogens is 1. The lowest BCUT2D eigenvalue weighted by Crippen LogP contribution is -2.12. The van der Waals surface area contributed by atoms with Crippen LogP contribution in [0, 0.1) is 0 Å². The molecule has 0 atom stereocenters. The molecule has 1 amide bonds. The molecule has 1 aromatic carbocycles. The van der Waals surface area contributed by atoms with E-state index in [0.717, 1.165) is 0 Å². The monoisotopic (exact) mass is 297 g/mol. The Balaban J connectivity index is 2.20. The molecule has 1 heterocycles. The molecule has 0 aliphatic rings. The van der Waals surface area contributed by atoms with Crippen molar-refractivity contribution in [3.63, 3.8) is 0 Å². The molecule has 0 aliphatic carbocycles. The van der Waals surface area contributed by atoms with Gasteiger partial charge in [-0.05, 0) is 18.2 Å². The van der Waals surface area contributed by atoms with Crippen LogP contribution in [-0.2, 0) is 0 Å². The predicted molar refractivity (Wildman–Crippen MR) is 77.4 cm³/mol. The van der Waals surface area contributed by atoms with E-state index < -0.39 is 0 Å². The van der Waals surface area contributed by atoms with Gasteiger partial charge >= 0.3 is 0 Å². The van der Waals surface area contributed by atoms with Gasteiger partial charge in [0.25, 0.3) is 5.91 Å². The summed E-state index contributed by atoms with van der Waals surface area (Å²) in [5.74, 6) is -0.248. The zero-order chi connectivity index (χ0) is 13.1. The van der Waals surface area contributed by atoms with Gasteiger partial charge in [0.2, 0.25) is 0 Å². The fourth-order valence-electron chi connectivity index (χ4n) is 1.28. The summed E-state index contributed by atoms with van der Waals surface area (Å²) in [6, 6.07) is 4.98. The highest BCUT2D eigenvalue weighted by Crippen LogP contribution is 2.24. The second-order valence-electron chi connectivity index (χ2n) is 3.38. The normalized spacial score (nSPS) is 10.1. The van der Waals surface area contributed by atoms with Gasteiger partial charge in [0.1, 0.15) is 9.87 Å². The zero-order valence-corrected chi connectivity index (χ0v) is 11.4. The number of carbonyl (C=O) groups is 1. The Morgan fingerprint density at radius 3 is 2.83 bits per heavy atom. The smallest absolute Gasteiger partial charge is 0.267 e. The Hall–Kier alpha value is -1.50. The van der Waals surface area contributed by atoms with Gasteiger partial charge in [-0.25, -0.2) is 0 Å². The second-order valence-corrected chi connectivity index (χ2v) is 5.11. The maximum atomic E-state index is 11.8. The van der Waals surface area contributed by atoms with E-state index >= 15 is 0 Å². The molecule has 3 N–H and O–H groups in total. The fourth-order valence-corrected chi connectivity index (χ4v) is 2.15. The van der Waals surface area contributed by atoms with Crippen LogP contribution in [0.3, 0.4) is 0 Å². The van der Waals surface area contributed by atoms with E-state index in [-0.39, 0.29) is 10.9 Å². The Bertz CT molecular complexity index is 598. The first-order chi connectivity index (χ1) is 8.58. The van der Waals surface area contributed by atoms with E-state index in [1.807, 2.05) is 0 Å². The molecule has 0 saturated heterocycles. The average Bonchev–Trinajstić information content (AvgIpc) is 2.85. The van der Waals surface area contributed by atoms with E-state index in [2.05, 4.69) is 10.3 Å². The standard InChI is InChI=1S/C11H8ClN3OS2/c12-7-3-6(10(13)17)1-2-8(7)15-11(16)9-4-14-5-18-9/h1-5H,(H2,13,17)(H,15,16). The second kappa shape index (κ2) is 5.43. The average molecular weight is 298 g/mol. The molecule has 18 heavy (non-hydrogen) atoms. The number of thiocarbonyl (C=S) groups is 1. The quantitative estimate of drug-likeness (QED) is 0.855. The molecule has 2 aromatic rings. The highest BCUT2D eigenvalue weighted by Gasteiger charge is 2.10. The number of rotatable bonds is 3. The number of hydrogen-bond donors (Lipinski definition) is 2. The first kappa shape index (κ1) is 12.9. The number of carbonyl (C=O) groups excluding carboxylic acids is 1. The van der Waals surface area contributed by atoms with Crippen LogP contribution in [0.25, 0.3) is 0 Å². The molecule has 92 valence electrons. The van der Waals surface area contributed by atoms with Crippen molar-refractivity contribution in [1.29, 1.82) is 0 Å². The number of hydrogen-bond acceptors (Lipinski definition) is 4. The van der Waals surface area contributed by atoms with Crippen molar-refractivity contribution in [1.82, 2.24) is 4.98 Å². The third-order valence-corrected chi connectivity index (χ3v) is 3.48. The maximum Gasteiger partial charge on any atom is 0.267 e. The molecular formula is C11H8ClN3OS2. The number of nitrogens with two attached hydrogens (primary N) is 1. The molecule has 0 bridgehead atoms. The van der Waals surface area contributed by atoms with Crippen LogP contribution < -0.4 is 11.1 Å². The van der Waals surface area contributed by atoms with Crippen molar-refractivity contribution in [2.75, 3.05) is 5.32 Å². The zero-order valence-electron chi connectivity index (χ0n) is 9.01. The van der Waals surface area contributed by atoms with E-state index in [1.165, 1.54) is 17.5 Å². The number of thiazole rings is 1. The maximum absolute atomic E-state index is 11.8. The van der Waals surface area contributed by atoms with Crippen LogP contribution in [0.5, 0.6) is 0 Å². The summed E-state index contributed by atoms with van der Waals surface area (Å²) < 4.78 is 0. The molecule has 7 heteroatoms. The summed E-state index contributed by atoms with van der Waals surface area (Å²) in [5, 5.41) is 3.08. The van der Waals surface area contributed by atoms with Gasteiger partial charge < -0.3 is 11.1 Å². The molecule has 1 aromatic heterocycles. The van der Waals surface area contributed by atoms with Crippen LogP contribution >= 0.6 is 35.2 Å². The lowest BCUT2D eigenvalue weighted by molar-refractivity contribution is 0.103. The van der Waals surface area contributed by atoms with Crippen molar-refractivity contribution in [2.45, 2.75) is 0 Å². The molecule has 0 saturated carbocycles. The van der Waals surface area contributed by atoms with Gasteiger partial charge in [0.15, 0.2) is 0 Å². The number of halogens is 1. The summed E-state index contributed by atoms with van der Waals surface area (Å²) in [6.07, 6.45) is 1.50. The van der Waals surface area contributed by atoms with Crippen molar-refractivity contribution >= 4 is 51.7 Å². The number of amides is 1. The number of nitrogens with one attached hydrogen (secondary N) is 1. The lowest BCUT2D eigenvalue weighted by atomic mass is 10.2. The molecule has 2 rings (SSSR count). The third-order valence-electron chi connectivity index (χ3n) is 2.16. The van der Waals surface area contributed by atoms with E-state index in [1.54, 1.807) is 23.7 Å². The van der Waals surface area contributed by atoms with Crippen molar-refractivity contribution in [3.05, 3.63) is 45.4 Å². The minimum Gasteiger partial charge on any atom is -0.389 e.